The zero-order valence-corrected chi connectivity index (χ0v) is 14.4. The van der Waals surface area contributed by atoms with Gasteiger partial charge in [0.15, 0.2) is 0 Å². The molecule has 138 valence electrons. The van der Waals surface area contributed by atoms with Gasteiger partial charge < -0.3 is 15.4 Å². The van der Waals surface area contributed by atoms with E-state index in [1.54, 1.807) is 18.2 Å². The van der Waals surface area contributed by atoms with E-state index < -0.39 is 23.6 Å². The van der Waals surface area contributed by atoms with E-state index in [0.29, 0.717) is 6.61 Å². The van der Waals surface area contributed by atoms with Gasteiger partial charge >= 0.3 is 12.0 Å². The van der Waals surface area contributed by atoms with Crippen molar-refractivity contribution in [2.24, 2.45) is 0 Å². The second-order valence-electron chi connectivity index (χ2n) is 5.58. The van der Waals surface area contributed by atoms with Crippen molar-refractivity contribution in [2.75, 3.05) is 11.9 Å². The van der Waals surface area contributed by atoms with Gasteiger partial charge in [-0.2, -0.15) is 0 Å². The Morgan fingerprint density at radius 2 is 1.88 bits per heavy atom. The van der Waals surface area contributed by atoms with Crippen LogP contribution in [0.25, 0.3) is 0 Å². The van der Waals surface area contributed by atoms with Gasteiger partial charge in [-0.3, -0.25) is 0 Å². The molecule has 0 heterocycles. The fraction of sp³-hybridized carbons (Fsp3) is 0.263. The van der Waals surface area contributed by atoms with E-state index in [9.17, 15) is 18.4 Å². The fourth-order valence-corrected chi connectivity index (χ4v) is 2.18. The SMILES string of the molecule is CCCCOC(=O)c1ccccc1NC(=O)NCc1cc(F)ccc1F. The maximum Gasteiger partial charge on any atom is 0.340 e. The fourth-order valence-electron chi connectivity index (χ4n) is 2.18. The van der Waals surface area contributed by atoms with Crippen LogP contribution in [-0.2, 0) is 11.3 Å². The van der Waals surface area contributed by atoms with E-state index in [4.69, 9.17) is 4.74 Å². The normalized spacial score (nSPS) is 10.3. The van der Waals surface area contributed by atoms with Crippen LogP contribution in [0.2, 0.25) is 0 Å². The van der Waals surface area contributed by atoms with E-state index >= 15 is 0 Å². The number of carbonyl (C=O) groups is 2. The van der Waals surface area contributed by atoms with E-state index in [1.165, 1.54) is 6.07 Å². The molecule has 0 spiro atoms. The van der Waals surface area contributed by atoms with E-state index in [-0.39, 0.29) is 23.4 Å². The summed E-state index contributed by atoms with van der Waals surface area (Å²) in [5, 5.41) is 4.94. The molecule has 0 unspecified atom stereocenters. The maximum atomic E-state index is 13.6. The molecule has 0 fully saturated rings. The summed E-state index contributed by atoms with van der Waals surface area (Å²) in [4.78, 5) is 24.1. The van der Waals surface area contributed by atoms with Crippen molar-refractivity contribution in [1.82, 2.24) is 5.32 Å². The topological polar surface area (TPSA) is 67.4 Å². The van der Waals surface area contributed by atoms with Gasteiger partial charge in [0.05, 0.1) is 17.9 Å². The number of esters is 1. The van der Waals surface area contributed by atoms with Crippen LogP contribution in [-0.4, -0.2) is 18.6 Å². The highest BCUT2D eigenvalue weighted by Gasteiger charge is 2.14. The van der Waals surface area contributed by atoms with Crippen molar-refractivity contribution in [3.63, 3.8) is 0 Å². The third-order valence-electron chi connectivity index (χ3n) is 3.57. The number of unbranched alkanes of at least 4 members (excludes halogenated alkanes) is 1. The molecule has 26 heavy (non-hydrogen) atoms. The van der Waals surface area contributed by atoms with Gasteiger partial charge in [-0.25, -0.2) is 18.4 Å². The third kappa shape index (κ3) is 5.54. The van der Waals surface area contributed by atoms with Crippen LogP contribution in [0.1, 0.15) is 35.7 Å². The van der Waals surface area contributed by atoms with E-state index in [0.717, 1.165) is 31.0 Å². The molecular formula is C19H20F2N2O3. The minimum Gasteiger partial charge on any atom is -0.462 e. The van der Waals surface area contributed by atoms with Crippen LogP contribution in [0, 0.1) is 11.6 Å². The lowest BCUT2D eigenvalue weighted by Gasteiger charge is -2.12. The number of ether oxygens (including phenoxy) is 1. The Balaban J connectivity index is 1.98. The first-order chi connectivity index (χ1) is 12.5. The number of halogens is 2. The van der Waals surface area contributed by atoms with Crippen molar-refractivity contribution >= 4 is 17.7 Å². The Labute approximate surface area is 150 Å². The van der Waals surface area contributed by atoms with Crippen LogP contribution < -0.4 is 10.6 Å². The molecular weight excluding hydrogens is 342 g/mol. The lowest BCUT2D eigenvalue weighted by Crippen LogP contribution is -2.29. The summed E-state index contributed by atoms with van der Waals surface area (Å²) in [6.07, 6.45) is 1.65. The summed E-state index contributed by atoms with van der Waals surface area (Å²) in [6, 6.07) is 8.75. The van der Waals surface area contributed by atoms with Gasteiger partial charge in [0, 0.05) is 12.1 Å². The molecule has 0 aromatic heterocycles. The third-order valence-corrected chi connectivity index (χ3v) is 3.57. The highest BCUT2D eigenvalue weighted by Crippen LogP contribution is 2.16. The predicted molar refractivity (Wildman–Crippen MR) is 93.8 cm³/mol. The zero-order valence-electron chi connectivity index (χ0n) is 14.4. The number of carbonyl (C=O) groups excluding carboxylic acids is 2. The largest absolute Gasteiger partial charge is 0.462 e. The average molecular weight is 362 g/mol. The number of benzene rings is 2. The molecule has 0 aliphatic rings. The Morgan fingerprint density at radius 3 is 2.65 bits per heavy atom. The van der Waals surface area contributed by atoms with Crippen LogP contribution in [0.5, 0.6) is 0 Å². The number of nitrogens with one attached hydrogen (secondary N) is 2. The quantitative estimate of drug-likeness (QED) is 0.572. The minimum atomic E-state index is -0.650. The average Bonchev–Trinajstić information content (AvgIpc) is 2.63. The van der Waals surface area contributed by atoms with Crippen molar-refractivity contribution < 1.29 is 23.1 Å². The number of rotatable bonds is 7. The standard InChI is InChI=1S/C19H20F2N2O3/c1-2-3-10-26-18(24)15-6-4-5-7-17(15)23-19(25)22-12-13-11-14(20)8-9-16(13)21/h4-9,11H,2-3,10,12H2,1H3,(H2,22,23,25). The molecule has 0 saturated carbocycles. The smallest absolute Gasteiger partial charge is 0.340 e. The molecule has 2 aromatic carbocycles. The van der Waals surface area contributed by atoms with Gasteiger partial charge in [-0.15, -0.1) is 0 Å². The maximum absolute atomic E-state index is 13.6. The van der Waals surface area contributed by atoms with E-state index in [1.807, 2.05) is 6.92 Å². The zero-order chi connectivity index (χ0) is 18.9. The number of para-hydroxylation sites is 1. The molecule has 0 aliphatic heterocycles. The molecule has 0 saturated heterocycles. The predicted octanol–water partition coefficient (Wildman–Crippen LogP) is 4.24. The summed E-state index contributed by atoms with van der Waals surface area (Å²) >= 11 is 0. The molecule has 2 N–H and O–H groups in total. The number of urea groups is 1. The van der Waals surface area contributed by atoms with Crippen molar-refractivity contribution in [3.8, 4) is 0 Å². The lowest BCUT2D eigenvalue weighted by atomic mass is 10.2. The van der Waals surface area contributed by atoms with Gasteiger partial charge in [0.2, 0.25) is 0 Å². The summed E-state index contributed by atoms with van der Waals surface area (Å²) in [5.74, 6) is -1.75. The highest BCUT2D eigenvalue weighted by molar-refractivity contribution is 6.00. The van der Waals surface area contributed by atoms with Crippen molar-refractivity contribution in [1.29, 1.82) is 0 Å². The second-order valence-corrected chi connectivity index (χ2v) is 5.58. The van der Waals surface area contributed by atoms with Crippen molar-refractivity contribution in [3.05, 3.63) is 65.2 Å². The number of anilines is 1. The number of hydrogen-bond donors (Lipinski definition) is 2. The van der Waals surface area contributed by atoms with Crippen LogP contribution >= 0.6 is 0 Å². The molecule has 2 aromatic rings. The first-order valence-corrected chi connectivity index (χ1v) is 8.26. The second kappa shape index (κ2) is 9.50. The summed E-state index contributed by atoms with van der Waals surface area (Å²) < 4.78 is 31.9. The molecule has 0 atom stereocenters. The summed E-state index contributed by atoms with van der Waals surface area (Å²) in [5.41, 5.74) is 0.509. The number of amides is 2. The van der Waals surface area contributed by atoms with Gasteiger partial charge in [0.1, 0.15) is 11.6 Å². The van der Waals surface area contributed by atoms with E-state index in [2.05, 4.69) is 10.6 Å². The molecule has 0 radical (unpaired) electrons. The molecule has 2 amide bonds. The summed E-state index contributed by atoms with van der Waals surface area (Å²) in [6.45, 7) is 2.09. The molecule has 0 bridgehead atoms. The van der Waals surface area contributed by atoms with Gasteiger partial charge in [0.25, 0.3) is 0 Å². The first-order valence-electron chi connectivity index (χ1n) is 8.26. The van der Waals surface area contributed by atoms with Crippen LogP contribution in [0.3, 0.4) is 0 Å². The van der Waals surface area contributed by atoms with Crippen LogP contribution in [0.15, 0.2) is 42.5 Å². The van der Waals surface area contributed by atoms with Crippen LogP contribution in [0.4, 0.5) is 19.3 Å². The first kappa shape index (κ1) is 19.4. The lowest BCUT2D eigenvalue weighted by molar-refractivity contribution is 0.0501. The molecule has 0 aliphatic carbocycles. The van der Waals surface area contributed by atoms with Gasteiger partial charge in [-0.05, 0) is 36.8 Å². The molecule has 7 heteroatoms. The van der Waals surface area contributed by atoms with Crippen molar-refractivity contribution in [2.45, 2.75) is 26.3 Å². The minimum absolute atomic E-state index is 0.0208. The summed E-state index contributed by atoms with van der Waals surface area (Å²) in [7, 11) is 0. The Hall–Kier alpha value is -2.96. The Bertz CT molecular complexity index is 781. The van der Waals surface area contributed by atoms with Gasteiger partial charge in [-0.1, -0.05) is 25.5 Å². The number of hydrogen-bond acceptors (Lipinski definition) is 3. The highest BCUT2D eigenvalue weighted by atomic mass is 19.1. The monoisotopic (exact) mass is 362 g/mol. The Kier molecular flexibility index (Phi) is 7.08. The molecule has 2 rings (SSSR count). The Morgan fingerprint density at radius 1 is 1.12 bits per heavy atom. The molecule has 5 nitrogen and oxygen atoms in total.